The van der Waals surface area contributed by atoms with Crippen LogP contribution in [0.2, 0.25) is 0 Å². The van der Waals surface area contributed by atoms with Crippen molar-refractivity contribution in [3.63, 3.8) is 0 Å². The van der Waals surface area contributed by atoms with Crippen LogP contribution in [0.25, 0.3) is 17.2 Å². The summed E-state index contributed by atoms with van der Waals surface area (Å²) in [7, 11) is 0. The van der Waals surface area contributed by atoms with Gasteiger partial charge >= 0.3 is 0 Å². The minimum Gasteiger partial charge on any atom is -0.344 e. The third-order valence-corrected chi connectivity index (χ3v) is 5.47. The van der Waals surface area contributed by atoms with Gasteiger partial charge in [-0.3, -0.25) is 14.9 Å². The van der Waals surface area contributed by atoms with E-state index in [0.717, 1.165) is 23.1 Å². The highest BCUT2D eigenvalue weighted by molar-refractivity contribution is 5.92. The minimum absolute atomic E-state index is 0.255. The Morgan fingerprint density at radius 3 is 2.54 bits per heavy atom. The maximum Gasteiger partial charge on any atom is 0.270 e. The van der Waals surface area contributed by atoms with Gasteiger partial charge in [-0.05, 0) is 44.5 Å². The van der Waals surface area contributed by atoms with Gasteiger partial charge in [-0.1, -0.05) is 6.07 Å². The number of hydrogen-bond acceptors (Lipinski definition) is 8. The largest absolute Gasteiger partial charge is 0.344 e. The van der Waals surface area contributed by atoms with Gasteiger partial charge in [0, 0.05) is 41.5 Å². The quantitative estimate of drug-likeness (QED) is 0.308. The Morgan fingerprint density at radius 2 is 1.89 bits per heavy atom. The summed E-state index contributed by atoms with van der Waals surface area (Å²) in [5.41, 5.74) is 3.41. The summed E-state index contributed by atoms with van der Waals surface area (Å²) in [5.74, 6) is 1.42. The Hall–Kier alpha value is -5.00. The zero-order chi connectivity index (χ0) is 25.9. The first-order chi connectivity index (χ1) is 17.8. The van der Waals surface area contributed by atoms with E-state index in [1.165, 1.54) is 10.9 Å². The summed E-state index contributed by atoms with van der Waals surface area (Å²) < 4.78 is 14.5. The number of hydrogen-bond donors (Lipinski definition) is 3. The van der Waals surface area contributed by atoms with Gasteiger partial charge in [0.1, 0.15) is 11.5 Å². The van der Waals surface area contributed by atoms with E-state index in [4.69, 9.17) is 0 Å². The van der Waals surface area contributed by atoms with E-state index in [1.807, 2.05) is 32.9 Å². The molecule has 1 atom stereocenters. The normalized spacial score (nSPS) is 11.8. The zero-order valence-corrected chi connectivity index (χ0v) is 20.3. The summed E-state index contributed by atoms with van der Waals surface area (Å²) in [4.78, 5) is 30.4. The van der Waals surface area contributed by atoms with Crippen LogP contribution in [0.15, 0.2) is 61.2 Å². The molecule has 5 aromatic rings. The van der Waals surface area contributed by atoms with Gasteiger partial charge in [0.2, 0.25) is 0 Å². The van der Waals surface area contributed by atoms with Gasteiger partial charge in [-0.2, -0.15) is 10.2 Å². The molecule has 0 aliphatic carbocycles. The number of nitrogens with one attached hydrogen (secondary N) is 3. The Kier molecular flexibility index (Phi) is 6.37. The van der Waals surface area contributed by atoms with Crippen molar-refractivity contribution in [2.75, 3.05) is 5.32 Å². The molecule has 186 valence electrons. The highest BCUT2D eigenvalue weighted by atomic mass is 19.1. The molecular formula is C25H23FN10O. The predicted octanol–water partition coefficient (Wildman–Crippen LogP) is 3.83. The van der Waals surface area contributed by atoms with E-state index >= 15 is 0 Å². The molecule has 12 heteroatoms. The van der Waals surface area contributed by atoms with E-state index in [-0.39, 0.29) is 17.6 Å². The van der Waals surface area contributed by atoms with Crippen molar-refractivity contribution in [3.8, 4) is 17.2 Å². The van der Waals surface area contributed by atoms with Crippen molar-refractivity contribution in [1.29, 1.82) is 0 Å². The van der Waals surface area contributed by atoms with Crippen LogP contribution in [0.3, 0.4) is 0 Å². The fourth-order valence-corrected chi connectivity index (χ4v) is 3.60. The van der Waals surface area contributed by atoms with Gasteiger partial charge in [-0.25, -0.2) is 24.0 Å². The van der Waals surface area contributed by atoms with Crippen molar-refractivity contribution < 1.29 is 9.18 Å². The second-order valence-electron chi connectivity index (χ2n) is 8.46. The Bertz CT molecular complexity index is 1540. The number of halogens is 1. The molecular weight excluding hydrogens is 475 g/mol. The van der Waals surface area contributed by atoms with Gasteiger partial charge in [0.05, 0.1) is 18.4 Å². The Balaban J connectivity index is 1.25. The maximum atomic E-state index is 13.2. The van der Waals surface area contributed by atoms with Crippen molar-refractivity contribution in [2.45, 2.75) is 26.8 Å². The summed E-state index contributed by atoms with van der Waals surface area (Å²) in [6.07, 6.45) is 5.53. The molecule has 1 unspecified atom stereocenters. The summed E-state index contributed by atoms with van der Waals surface area (Å²) >= 11 is 0. The van der Waals surface area contributed by atoms with Crippen molar-refractivity contribution in [2.24, 2.45) is 0 Å². The Morgan fingerprint density at radius 1 is 1.03 bits per heavy atom. The first-order valence-corrected chi connectivity index (χ1v) is 11.4. The molecule has 0 fully saturated rings. The molecule has 0 aliphatic rings. The average Bonchev–Trinajstić information content (AvgIpc) is 3.51. The van der Waals surface area contributed by atoms with E-state index in [2.05, 4.69) is 45.9 Å². The lowest BCUT2D eigenvalue weighted by atomic mass is 10.1. The second kappa shape index (κ2) is 9.93. The lowest BCUT2D eigenvalue weighted by molar-refractivity contribution is 0.0935. The molecule has 3 N–H and O–H groups in total. The second-order valence-corrected chi connectivity index (χ2v) is 8.46. The number of pyridine rings is 2. The number of rotatable bonds is 7. The van der Waals surface area contributed by atoms with Crippen molar-refractivity contribution >= 4 is 17.5 Å². The smallest absolute Gasteiger partial charge is 0.270 e. The third-order valence-electron chi connectivity index (χ3n) is 5.47. The fourth-order valence-electron chi connectivity index (χ4n) is 3.60. The van der Waals surface area contributed by atoms with Crippen molar-refractivity contribution in [1.82, 2.24) is 45.2 Å². The van der Waals surface area contributed by atoms with Gasteiger partial charge < -0.3 is 10.6 Å². The predicted molar refractivity (Wildman–Crippen MR) is 134 cm³/mol. The molecule has 5 heterocycles. The highest BCUT2D eigenvalue weighted by Crippen LogP contribution is 2.20. The molecule has 0 spiro atoms. The summed E-state index contributed by atoms with van der Waals surface area (Å²) in [6, 6.07) is 10.2. The average molecular weight is 499 g/mol. The number of aryl methyl sites for hydroxylation is 2. The first kappa shape index (κ1) is 23.7. The van der Waals surface area contributed by atoms with E-state index in [9.17, 15) is 9.18 Å². The lowest BCUT2D eigenvalue weighted by Crippen LogP contribution is -2.27. The van der Waals surface area contributed by atoms with Crippen LogP contribution >= 0.6 is 0 Å². The maximum absolute atomic E-state index is 13.2. The van der Waals surface area contributed by atoms with Crippen molar-refractivity contribution in [3.05, 3.63) is 89.6 Å². The van der Waals surface area contributed by atoms with E-state index < -0.39 is 5.82 Å². The van der Waals surface area contributed by atoms with Crippen LogP contribution in [0.4, 0.5) is 16.0 Å². The highest BCUT2D eigenvalue weighted by Gasteiger charge is 2.15. The van der Waals surface area contributed by atoms with Crippen LogP contribution in [0.1, 0.15) is 40.4 Å². The fraction of sp³-hybridized carbons (Fsp3) is 0.160. The SMILES string of the molecule is Cc1cc(Nc2cc(C)[nH]n2)nc(-c2ccc(C(=O)NC(C)c3ccc(-n4cc(F)cn4)nc3)nc2)n1. The first-order valence-electron chi connectivity index (χ1n) is 11.4. The van der Waals surface area contributed by atoms with Gasteiger partial charge in [-0.15, -0.1) is 0 Å². The molecule has 37 heavy (non-hydrogen) atoms. The van der Waals surface area contributed by atoms with Gasteiger partial charge in [0.15, 0.2) is 23.3 Å². The van der Waals surface area contributed by atoms with Crippen LogP contribution in [0, 0.1) is 19.7 Å². The zero-order valence-electron chi connectivity index (χ0n) is 20.3. The van der Waals surface area contributed by atoms with Crippen LogP contribution in [-0.2, 0) is 0 Å². The number of aromatic nitrogens is 8. The lowest BCUT2D eigenvalue weighted by Gasteiger charge is -2.14. The monoisotopic (exact) mass is 498 g/mol. The summed E-state index contributed by atoms with van der Waals surface area (Å²) in [5, 5.41) is 17.0. The molecule has 0 radical (unpaired) electrons. The molecule has 1 amide bonds. The number of H-pyrrole nitrogens is 1. The molecule has 0 aromatic carbocycles. The van der Waals surface area contributed by atoms with Gasteiger partial charge in [0.25, 0.3) is 5.91 Å². The number of carbonyl (C=O) groups excluding carboxylic acids is 1. The number of nitrogens with zero attached hydrogens (tertiary/aromatic N) is 7. The molecule has 5 rings (SSSR count). The third kappa shape index (κ3) is 5.48. The number of carbonyl (C=O) groups is 1. The minimum atomic E-state index is -0.444. The Labute approximate surface area is 211 Å². The number of anilines is 2. The molecule has 0 saturated carbocycles. The van der Waals surface area contributed by atoms with E-state index in [0.29, 0.717) is 28.8 Å². The van der Waals surface area contributed by atoms with Crippen LogP contribution in [0.5, 0.6) is 0 Å². The number of amides is 1. The standard InChI is InChI=1S/C25H23FN10O/c1-14-8-21(32-22-9-15(2)34-35-22)33-24(30-14)18-4-6-20(27-11-18)25(37)31-16(3)17-5-7-23(28-10-17)36-13-19(26)12-29-36/h4-13,16H,1-3H3,(H,31,37)(H2,30,32,33,34,35). The van der Waals surface area contributed by atoms with Crippen LogP contribution in [-0.4, -0.2) is 45.8 Å². The molecule has 11 nitrogen and oxygen atoms in total. The molecule has 0 bridgehead atoms. The molecule has 0 saturated heterocycles. The van der Waals surface area contributed by atoms with E-state index in [1.54, 1.807) is 36.7 Å². The summed E-state index contributed by atoms with van der Waals surface area (Å²) in [6.45, 7) is 5.63. The molecule has 0 aliphatic heterocycles. The molecule has 5 aromatic heterocycles. The topological polar surface area (TPSA) is 139 Å². The number of aromatic amines is 1. The van der Waals surface area contributed by atoms with Crippen LogP contribution < -0.4 is 10.6 Å².